The van der Waals surface area contributed by atoms with Gasteiger partial charge in [-0.1, -0.05) is 30.0 Å². The van der Waals surface area contributed by atoms with Crippen LogP contribution in [0.25, 0.3) is 11.0 Å². The van der Waals surface area contributed by atoms with Gasteiger partial charge in [-0.3, -0.25) is 28.6 Å². The molecule has 0 bridgehead atoms. The number of carbonyl (C=O) groups excluding carboxylic acids is 1. The normalized spacial score (nSPS) is 18.6. The van der Waals surface area contributed by atoms with Gasteiger partial charge < -0.3 is 25.0 Å². The molecule has 3 N–H and O–H groups in total. The summed E-state index contributed by atoms with van der Waals surface area (Å²) >= 11 is 6.85. The van der Waals surface area contributed by atoms with Crippen molar-refractivity contribution in [2.24, 2.45) is 0 Å². The van der Waals surface area contributed by atoms with E-state index in [9.17, 15) is 29.4 Å². The molecule has 3 heterocycles. The standard InChI is InChI=1S/C22H19N3O8S3/c1-10(20-23(2)12-6-11(9-26)3-4-13(12)33-20)5-14-18(31)24(7-15(27)28)21(35-14)17-19(32)25(8-16(29)30)22(34)36-17/h3-6,26H,7-9H2,1-2H3,(H,27,28)(H,29,30)/b14-5?,20-10+,21-17+. The lowest BCUT2D eigenvalue weighted by Gasteiger charge is -2.13. The second-order valence-corrected chi connectivity index (χ2v) is 10.5. The van der Waals surface area contributed by atoms with Crippen LogP contribution in [0.4, 0.5) is 5.69 Å². The fourth-order valence-electron chi connectivity index (χ4n) is 3.66. The van der Waals surface area contributed by atoms with Gasteiger partial charge in [0.05, 0.1) is 16.8 Å². The third kappa shape index (κ3) is 4.67. The van der Waals surface area contributed by atoms with E-state index in [1.54, 1.807) is 37.1 Å². The number of thiocarbonyl (C=S) groups is 1. The maximum atomic E-state index is 13.2. The van der Waals surface area contributed by atoms with Crippen LogP contribution in [-0.4, -0.2) is 60.5 Å². The predicted molar refractivity (Wildman–Crippen MR) is 137 cm³/mol. The van der Waals surface area contributed by atoms with E-state index in [4.69, 9.17) is 22.1 Å². The molecule has 1 fully saturated rings. The molecule has 0 atom stereocenters. The minimum absolute atomic E-state index is 0.00458. The minimum atomic E-state index is -1.28. The largest absolute Gasteiger partial charge is 0.480 e. The summed E-state index contributed by atoms with van der Waals surface area (Å²) in [5.74, 6) is -2.24. The number of allylic oxidation sites excluding steroid dienone is 1. The SMILES string of the molecule is C/C(C=c1s/c(=C2/SC(=S)N(CC(=O)O)C2=O)n(CC(=O)O)c1=O)=C1\Oc2ccc(CO)cc2N1C. The number of aliphatic hydroxyl groups is 1. The summed E-state index contributed by atoms with van der Waals surface area (Å²) in [5.41, 5.74) is 1.37. The van der Waals surface area contributed by atoms with Crippen LogP contribution < -0.4 is 24.4 Å². The highest BCUT2D eigenvalue weighted by molar-refractivity contribution is 8.30. The number of nitrogens with zero attached hydrogens (tertiary/aromatic N) is 3. The van der Waals surface area contributed by atoms with Gasteiger partial charge in [0, 0.05) is 12.6 Å². The second-order valence-electron chi connectivity index (χ2n) is 7.79. The zero-order valence-electron chi connectivity index (χ0n) is 18.9. The maximum absolute atomic E-state index is 13.2. The molecule has 36 heavy (non-hydrogen) atoms. The fraction of sp³-hybridized carbons (Fsp3) is 0.227. The first-order chi connectivity index (χ1) is 17.0. The summed E-state index contributed by atoms with van der Waals surface area (Å²) < 4.78 is 7.13. The van der Waals surface area contributed by atoms with Gasteiger partial charge in [0.1, 0.15) is 27.0 Å². The Balaban J connectivity index is 1.85. The number of carboxylic acid groups (broad SMARTS) is 2. The molecule has 0 saturated carbocycles. The van der Waals surface area contributed by atoms with Crippen molar-refractivity contribution in [3.05, 3.63) is 54.8 Å². The van der Waals surface area contributed by atoms with Crippen LogP contribution in [0, 0.1) is 0 Å². The van der Waals surface area contributed by atoms with E-state index in [1.165, 1.54) is 6.08 Å². The molecule has 1 aromatic heterocycles. The van der Waals surface area contributed by atoms with Crippen molar-refractivity contribution in [3.8, 4) is 5.75 Å². The van der Waals surface area contributed by atoms with Gasteiger partial charge in [-0.05, 0) is 30.7 Å². The van der Waals surface area contributed by atoms with E-state index in [0.717, 1.165) is 38.3 Å². The molecule has 0 unspecified atom stereocenters. The minimum Gasteiger partial charge on any atom is -0.480 e. The number of fused-ring (bicyclic) bond motifs is 1. The van der Waals surface area contributed by atoms with E-state index in [0.29, 0.717) is 22.8 Å². The molecular weight excluding hydrogens is 530 g/mol. The topological polar surface area (TPSA) is 150 Å². The summed E-state index contributed by atoms with van der Waals surface area (Å²) in [5, 5.41) is 27.8. The summed E-state index contributed by atoms with van der Waals surface area (Å²) in [6.45, 7) is 0.255. The van der Waals surface area contributed by atoms with Crippen LogP contribution in [0.5, 0.6) is 5.75 Å². The molecular formula is C22H19N3O8S3. The molecule has 1 saturated heterocycles. The Hall–Kier alpha value is -3.46. The van der Waals surface area contributed by atoms with Gasteiger partial charge in [0.15, 0.2) is 5.75 Å². The summed E-state index contributed by atoms with van der Waals surface area (Å²) in [4.78, 5) is 51.3. The number of amides is 1. The average Bonchev–Trinajstić information content (AvgIpc) is 3.40. The van der Waals surface area contributed by atoms with Gasteiger partial charge in [0.25, 0.3) is 11.5 Å². The molecule has 4 rings (SSSR count). The first kappa shape index (κ1) is 25.6. The van der Waals surface area contributed by atoms with E-state index in [2.05, 4.69) is 0 Å². The monoisotopic (exact) mass is 549 g/mol. The van der Waals surface area contributed by atoms with Crippen molar-refractivity contribution in [3.63, 3.8) is 0 Å². The lowest BCUT2D eigenvalue weighted by atomic mass is 10.2. The lowest BCUT2D eigenvalue weighted by molar-refractivity contribution is -0.140. The van der Waals surface area contributed by atoms with Gasteiger partial charge in [-0.25, -0.2) is 0 Å². The number of aromatic nitrogens is 1. The second kappa shape index (κ2) is 9.89. The number of hydrogen-bond acceptors (Lipinski definition) is 10. The fourth-order valence-corrected chi connectivity index (χ4v) is 6.21. The Morgan fingerprint density at radius 2 is 1.86 bits per heavy atom. The Kier molecular flexibility index (Phi) is 7.04. The molecule has 1 amide bonds. The number of thiazole rings is 1. The van der Waals surface area contributed by atoms with Crippen molar-refractivity contribution in [2.45, 2.75) is 20.1 Å². The van der Waals surface area contributed by atoms with Crippen LogP contribution in [0.3, 0.4) is 0 Å². The molecule has 0 radical (unpaired) electrons. The van der Waals surface area contributed by atoms with Crippen molar-refractivity contribution in [2.75, 3.05) is 18.5 Å². The molecule has 11 nitrogen and oxygen atoms in total. The van der Waals surface area contributed by atoms with Gasteiger partial charge in [-0.2, -0.15) is 0 Å². The predicted octanol–water partition coefficient (Wildman–Crippen LogP) is 0.0806. The van der Waals surface area contributed by atoms with Crippen molar-refractivity contribution in [1.82, 2.24) is 9.47 Å². The van der Waals surface area contributed by atoms with Crippen molar-refractivity contribution < 1.29 is 34.4 Å². The number of hydrogen-bond donors (Lipinski definition) is 3. The molecule has 0 aliphatic carbocycles. The first-order valence-electron chi connectivity index (χ1n) is 10.3. The quantitative estimate of drug-likeness (QED) is 0.421. The highest BCUT2D eigenvalue weighted by atomic mass is 32.2. The highest BCUT2D eigenvalue weighted by Crippen LogP contribution is 2.39. The van der Waals surface area contributed by atoms with Crippen molar-refractivity contribution >= 4 is 74.2 Å². The number of carbonyl (C=O) groups is 3. The number of aliphatic carboxylic acids is 2. The molecule has 2 aliphatic rings. The Morgan fingerprint density at radius 3 is 2.50 bits per heavy atom. The maximum Gasteiger partial charge on any atom is 0.323 e. The van der Waals surface area contributed by atoms with Crippen LogP contribution in [0.1, 0.15) is 12.5 Å². The summed E-state index contributed by atoms with van der Waals surface area (Å²) in [7, 11) is 1.77. The molecule has 2 aliphatic heterocycles. The Bertz CT molecular complexity index is 1540. The van der Waals surface area contributed by atoms with Gasteiger partial charge in [0.2, 0.25) is 5.88 Å². The molecule has 1 aromatic carbocycles. The van der Waals surface area contributed by atoms with E-state index in [1.807, 2.05) is 0 Å². The lowest BCUT2D eigenvalue weighted by Crippen LogP contribution is -2.36. The smallest absolute Gasteiger partial charge is 0.323 e. The van der Waals surface area contributed by atoms with Gasteiger partial charge >= 0.3 is 11.9 Å². The average molecular weight is 550 g/mol. The number of carboxylic acids is 2. The third-order valence-electron chi connectivity index (χ3n) is 5.30. The molecule has 188 valence electrons. The number of ether oxygens (including phenoxy) is 1. The van der Waals surface area contributed by atoms with Crippen LogP contribution in [0.2, 0.25) is 0 Å². The first-order valence-corrected chi connectivity index (χ1v) is 12.3. The number of rotatable bonds is 6. The van der Waals surface area contributed by atoms with Crippen LogP contribution in [0.15, 0.2) is 34.4 Å². The highest BCUT2D eigenvalue weighted by Gasteiger charge is 2.35. The zero-order valence-corrected chi connectivity index (χ0v) is 21.3. The molecule has 2 aromatic rings. The number of benzene rings is 1. The Morgan fingerprint density at radius 1 is 1.17 bits per heavy atom. The number of aliphatic hydroxyl groups excluding tert-OH is 1. The summed E-state index contributed by atoms with van der Waals surface area (Å²) in [6, 6.07) is 5.24. The molecule has 14 heteroatoms. The van der Waals surface area contributed by atoms with Crippen molar-refractivity contribution in [1.29, 1.82) is 0 Å². The van der Waals surface area contributed by atoms with Crippen LogP contribution >= 0.6 is 35.3 Å². The summed E-state index contributed by atoms with van der Waals surface area (Å²) in [6.07, 6.45) is 1.54. The third-order valence-corrected chi connectivity index (χ3v) is 8.00. The Labute approximate surface area is 216 Å². The number of thioether (sulfide) groups is 1. The van der Waals surface area contributed by atoms with E-state index in [-0.39, 0.29) is 25.0 Å². The van der Waals surface area contributed by atoms with E-state index < -0.39 is 36.5 Å². The number of anilines is 1. The van der Waals surface area contributed by atoms with Crippen LogP contribution in [-0.2, 0) is 27.5 Å². The molecule has 0 spiro atoms. The van der Waals surface area contributed by atoms with Gasteiger partial charge in [-0.15, -0.1) is 11.3 Å². The van der Waals surface area contributed by atoms with E-state index >= 15 is 0 Å². The zero-order chi connectivity index (χ0) is 26.3.